The summed E-state index contributed by atoms with van der Waals surface area (Å²) in [6, 6.07) is 0. The maximum atomic E-state index is 9.48. The van der Waals surface area contributed by atoms with Crippen LogP contribution in [0.3, 0.4) is 0 Å². The molecule has 0 heterocycles. The van der Waals surface area contributed by atoms with Crippen molar-refractivity contribution in [2.75, 3.05) is 0 Å². The van der Waals surface area contributed by atoms with E-state index in [1.165, 1.54) is 32.1 Å². The summed E-state index contributed by atoms with van der Waals surface area (Å²) in [5.74, 6) is 3.36. The van der Waals surface area contributed by atoms with E-state index in [0.717, 1.165) is 11.8 Å². The van der Waals surface area contributed by atoms with Crippen LogP contribution in [0.4, 0.5) is 0 Å². The summed E-state index contributed by atoms with van der Waals surface area (Å²) in [4.78, 5) is 0. The van der Waals surface area contributed by atoms with Gasteiger partial charge in [0, 0.05) is 0 Å². The molecule has 4 bridgehead atoms. The molecule has 1 N–H and O–H groups in total. The minimum Gasteiger partial charge on any atom is -0.368 e. The van der Waals surface area contributed by atoms with Crippen molar-refractivity contribution >= 4 is 0 Å². The Morgan fingerprint density at radius 1 is 1.07 bits per heavy atom. The highest BCUT2D eigenvalue weighted by molar-refractivity contribution is 5.05. The quantitative estimate of drug-likeness (QED) is 0.710. The number of hydrogen-bond acceptors (Lipinski definition) is 2. The summed E-state index contributed by atoms with van der Waals surface area (Å²) in [6.45, 7) is 3.99. The lowest BCUT2D eigenvalue weighted by Gasteiger charge is -2.59. The Hall–Kier alpha value is -0.0800. The second-order valence-electron chi connectivity index (χ2n) is 6.21. The molecule has 0 amide bonds. The van der Waals surface area contributed by atoms with E-state index in [-0.39, 0.29) is 5.60 Å². The van der Waals surface area contributed by atoms with Crippen LogP contribution in [-0.2, 0) is 4.74 Å². The Kier molecular flexibility index (Phi) is 2.16. The number of aliphatic hydroxyl groups is 1. The first-order valence-electron chi connectivity index (χ1n) is 6.44. The predicted octanol–water partition coefficient (Wildman–Crippen LogP) is 2.56. The normalized spacial score (nSPS) is 54.6. The van der Waals surface area contributed by atoms with Gasteiger partial charge in [0.25, 0.3) is 0 Å². The number of aliphatic hydroxyl groups excluding tert-OH is 1. The molecule has 0 radical (unpaired) electrons. The molecule has 2 nitrogen and oxygen atoms in total. The molecule has 4 aliphatic carbocycles. The van der Waals surface area contributed by atoms with Crippen molar-refractivity contribution in [1.29, 1.82) is 0 Å². The smallest absolute Gasteiger partial charge is 0.152 e. The van der Waals surface area contributed by atoms with Gasteiger partial charge in [-0.05, 0) is 69.6 Å². The zero-order valence-corrected chi connectivity index (χ0v) is 9.78. The van der Waals surface area contributed by atoms with Crippen molar-refractivity contribution in [2.45, 2.75) is 57.8 Å². The van der Waals surface area contributed by atoms with Gasteiger partial charge >= 0.3 is 0 Å². The first kappa shape index (κ1) is 10.1. The van der Waals surface area contributed by atoms with Crippen LogP contribution >= 0.6 is 0 Å². The summed E-state index contributed by atoms with van der Waals surface area (Å²) in [7, 11) is 0. The summed E-state index contributed by atoms with van der Waals surface area (Å²) < 4.78 is 5.87. The topological polar surface area (TPSA) is 29.5 Å². The SMILES string of the molecule is CC(O)OC1(C)C2CC3CC(C2)CC1C3. The predicted molar refractivity (Wildman–Crippen MR) is 58.2 cm³/mol. The molecule has 15 heavy (non-hydrogen) atoms. The lowest BCUT2D eigenvalue weighted by molar-refractivity contribution is -0.255. The van der Waals surface area contributed by atoms with Crippen molar-refractivity contribution in [1.82, 2.24) is 0 Å². The summed E-state index contributed by atoms with van der Waals surface area (Å²) in [5, 5.41) is 9.48. The van der Waals surface area contributed by atoms with E-state index in [4.69, 9.17) is 4.74 Å². The lowest BCUT2D eigenvalue weighted by Crippen LogP contribution is -2.58. The third-order valence-electron chi connectivity index (χ3n) is 5.18. The van der Waals surface area contributed by atoms with Crippen molar-refractivity contribution in [3.8, 4) is 0 Å². The van der Waals surface area contributed by atoms with E-state index in [1.54, 1.807) is 6.92 Å². The first-order chi connectivity index (χ1) is 7.08. The van der Waals surface area contributed by atoms with E-state index < -0.39 is 6.29 Å². The minimum atomic E-state index is -0.604. The zero-order valence-electron chi connectivity index (χ0n) is 9.78. The van der Waals surface area contributed by atoms with E-state index >= 15 is 0 Å². The van der Waals surface area contributed by atoms with Crippen LogP contribution in [-0.4, -0.2) is 17.0 Å². The van der Waals surface area contributed by atoms with E-state index in [2.05, 4.69) is 6.92 Å². The zero-order chi connectivity index (χ0) is 10.6. The van der Waals surface area contributed by atoms with Crippen molar-refractivity contribution in [2.24, 2.45) is 23.7 Å². The van der Waals surface area contributed by atoms with Crippen molar-refractivity contribution in [3.63, 3.8) is 0 Å². The molecule has 0 aromatic rings. The molecule has 0 saturated heterocycles. The van der Waals surface area contributed by atoms with Gasteiger partial charge in [-0.2, -0.15) is 0 Å². The summed E-state index contributed by atoms with van der Waals surface area (Å²) >= 11 is 0. The largest absolute Gasteiger partial charge is 0.368 e. The van der Waals surface area contributed by atoms with E-state index in [9.17, 15) is 5.11 Å². The van der Waals surface area contributed by atoms with Crippen LogP contribution in [0.2, 0.25) is 0 Å². The highest BCUT2D eigenvalue weighted by atomic mass is 16.6. The van der Waals surface area contributed by atoms with Gasteiger partial charge in [0.15, 0.2) is 6.29 Å². The highest BCUT2D eigenvalue weighted by Gasteiger charge is 2.55. The molecule has 4 saturated carbocycles. The third-order valence-corrected chi connectivity index (χ3v) is 5.18. The fraction of sp³-hybridized carbons (Fsp3) is 1.00. The van der Waals surface area contributed by atoms with Crippen molar-refractivity contribution < 1.29 is 9.84 Å². The molecule has 1 unspecified atom stereocenters. The molecule has 1 atom stereocenters. The first-order valence-corrected chi connectivity index (χ1v) is 6.44. The Morgan fingerprint density at radius 2 is 1.53 bits per heavy atom. The van der Waals surface area contributed by atoms with Gasteiger partial charge in [-0.15, -0.1) is 0 Å². The summed E-state index contributed by atoms with van der Waals surface area (Å²) in [5.41, 5.74) is -0.0262. The average molecular weight is 210 g/mol. The van der Waals surface area contributed by atoms with Gasteiger partial charge in [0.2, 0.25) is 0 Å². The second-order valence-corrected chi connectivity index (χ2v) is 6.21. The van der Waals surface area contributed by atoms with Gasteiger partial charge in [-0.25, -0.2) is 0 Å². The second kappa shape index (κ2) is 3.21. The summed E-state index contributed by atoms with van der Waals surface area (Å²) in [6.07, 6.45) is 6.24. The highest BCUT2D eigenvalue weighted by Crippen LogP contribution is 2.59. The number of rotatable bonds is 2. The molecule has 0 aromatic heterocycles. The Balaban J connectivity index is 1.84. The lowest BCUT2D eigenvalue weighted by atomic mass is 9.50. The minimum absolute atomic E-state index is 0.0262. The molecule has 0 aliphatic heterocycles. The molecule has 0 aromatic carbocycles. The average Bonchev–Trinajstić information content (AvgIpc) is 2.12. The van der Waals surface area contributed by atoms with Crippen LogP contribution in [0.25, 0.3) is 0 Å². The molecule has 0 spiro atoms. The molecule has 4 fully saturated rings. The Labute approximate surface area is 92.0 Å². The molecule has 4 rings (SSSR count). The molecular weight excluding hydrogens is 188 g/mol. The van der Waals surface area contributed by atoms with Crippen LogP contribution < -0.4 is 0 Å². The Morgan fingerprint density at radius 3 is 1.93 bits per heavy atom. The maximum absolute atomic E-state index is 9.48. The Bertz CT molecular complexity index is 231. The van der Waals surface area contributed by atoms with Gasteiger partial charge in [0.1, 0.15) is 0 Å². The molecule has 4 aliphatic rings. The van der Waals surface area contributed by atoms with Crippen molar-refractivity contribution in [3.05, 3.63) is 0 Å². The fourth-order valence-electron chi connectivity index (χ4n) is 4.68. The van der Waals surface area contributed by atoms with Crippen LogP contribution in [0.1, 0.15) is 46.0 Å². The van der Waals surface area contributed by atoms with Gasteiger partial charge in [0.05, 0.1) is 5.60 Å². The van der Waals surface area contributed by atoms with Gasteiger partial charge in [-0.3, -0.25) is 0 Å². The fourth-order valence-corrected chi connectivity index (χ4v) is 4.68. The van der Waals surface area contributed by atoms with Crippen LogP contribution in [0, 0.1) is 23.7 Å². The standard InChI is InChI=1S/C13H22O2/c1-8(14)15-13(2)11-4-9-3-10(6-11)7-12(13)5-9/h8-12,14H,3-7H2,1-2H3. The molecular formula is C13H22O2. The van der Waals surface area contributed by atoms with Crippen LogP contribution in [0.5, 0.6) is 0 Å². The number of hydrogen-bond donors (Lipinski definition) is 1. The van der Waals surface area contributed by atoms with Gasteiger partial charge in [-0.1, -0.05) is 0 Å². The van der Waals surface area contributed by atoms with E-state index in [1.807, 2.05) is 0 Å². The maximum Gasteiger partial charge on any atom is 0.152 e. The van der Waals surface area contributed by atoms with Crippen LogP contribution in [0.15, 0.2) is 0 Å². The molecule has 2 heteroatoms. The van der Waals surface area contributed by atoms with Gasteiger partial charge < -0.3 is 9.84 Å². The van der Waals surface area contributed by atoms with E-state index in [0.29, 0.717) is 11.8 Å². The monoisotopic (exact) mass is 210 g/mol. The number of ether oxygens (including phenoxy) is 1. The molecule has 86 valence electrons. The third kappa shape index (κ3) is 1.45.